The lowest BCUT2D eigenvalue weighted by atomic mass is 10.1. The number of hydrogen-bond acceptors (Lipinski definition) is 2. The molecule has 5 nitrogen and oxygen atoms in total. The van der Waals surface area contributed by atoms with Crippen molar-refractivity contribution in [3.05, 3.63) is 0 Å². The van der Waals surface area contributed by atoms with E-state index < -0.39 is 30.0 Å². The number of amides is 2. The van der Waals surface area contributed by atoms with Crippen molar-refractivity contribution in [1.82, 2.24) is 10.6 Å². The molecule has 0 bridgehead atoms. The molecular formula is C11H17F3N2O3. The molecule has 0 saturated heterocycles. The van der Waals surface area contributed by atoms with Crippen LogP contribution in [0.1, 0.15) is 32.1 Å². The summed E-state index contributed by atoms with van der Waals surface area (Å²) in [5, 5.41) is 13.7. The Morgan fingerprint density at radius 3 is 2.26 bits per heavy atom. The number of carboxylic acid groups (broad SMARTS) is 1. The number of aliphatic carboxylic acids is 1. The summed E-state index contributed by atoms with van der Waals surface area (Å²) in [4.78, 5) is 22.1. The molecule has 8 heteroatoms. The second kappa shape index (κ2) is 6.12. The van der Waals surface area contributed by atoms with E-state index in [9.17, 15) is 22.8 Å². The van der Waals surface area contributed by atoms with E-state index in [1.165, 1.54) is 0 Å². The van der Waals surface area contributed by atoms with E-state index in [1.807, 2.05) is 0 Å². The number of rotatable bonds is 7. The van der Waals surface area contributed by atoms with Gasteiger partial charge < -0.3 is 15.7 Å². The number of urea groups is 1. The van der Waals surface area contributed by atoms with Gasteiger partial charge in [-0.1, -0.05) is 0 Å². The molecule has 0 aromatic rings. The SMILES string of the molecule is O=C(NCCCCC(F)(F)F)NCC1(C(=O)O)CC1. The standard InChI is InChI=1S/C11H17F3N2O3/c12-11(13,14)3-1-2-6-15-9(19)16-7-10(4-5-10)8(17)18/h1-7H2,(H,17,18)(H2,15,16,19). The van der Waals surface area contributed by atoms with Crippen LogP contribution in [0, 0.1) is 5.41 Å². The molecule has 19 heavy (non-hydrogen) atoms. The van der Waals surface area contributed by atoms with Crippen LogP contribution in [-0.4, -0.2) is 36.4 Å². The first-order valence-corrected chi connectivity index (χ1v) is 6.07. The normalized spacial score (nSPS) is 16.8. The number of alkyl halides is 3. The number of halogens is 3. The Morgan fingerprint density at radius 2 is 1.79 bits per heavy atom. The van der Waals surface area contributed by atoms with Crippen LogP contribution in [-0.2, 0) is 4.79 Å². The topological polar surface area (TPSA) is 78.4 Å². The van der Waals surface area contributed by atoms with Crippen LogP contribution in [0.15, 0.2) is 0 Å². The maximum absolute atomic E-state index is 11.8. The van der Waals surface area contributed by atoms with Gasteiger partial charge in [0.1, 0.15) is 0 Å². The highest BCUT2D eigenvalue weighted by atomic mass is 19.4. The molecule has 0 heterocycles. The second-order valence-electron chi connectivity index (χ2n) is 4.77. The number of unbranched alkanes of at least 4 members (excludes halogenated alkanes) is 1. The molecule has 0 aliphatic heterocycles. The van der Waals surface area contributed by atoms with E-state index in [0.29, 0.717) is 12.8 Å². The van der Waals surface area contributed by atoms with Gasteiger partial charge in [-0.3, -0.25) is 4.79 Å². The minimum absolute atomic E-state index is 0.0388. The largest absolute Gasteiger partial charge is 0.481 e. The van der Waals surface area contributed by atoms with Gasteiger partial charge in [0.25, 0.3) is 0 Å². The zero-order valence-corrected chi connectivity index (χ0v) is 10.3. The van der Waals surface area contributed by atoms with Gasteiger partial charge in [0.2, 0.25) is 0 Å². The van der Waals surface area contributed by atoms with Gasteiger partial charge >= 0.3 is 18.2 Å². The summed E-state index contributed by atoms with van der Waals surface area (Å²) in [5.41, 5.74) is -0.840. The lowest BCUT2D eigenvalue weighted by Gasteiger charge is -2.12. The maximum Gasteiger partial charge on any atom is 0.389 e. The summed E-state index contributed by atoms with van der Waals surface area (Å²) in [7, 11) is 0. The molecule has 1 aliphatic rings. The number of carbonyl (C=O) groups is 2. The molecule has 0 aromatic heterocycles. The van der Waals surface area contributed by atoms with Crippen molar-refractivity contribution in [1.29, 1.82) is 0 Å². The summed E-state index contributed by atoms with van der Waals surface area (Å²) in [6.45, 7) is 0.193. The van der Waals surface area contributed by atoms with Crippen LogP contribution in [0.4, 0.5) is 18.0 Å². The van der Waals surface area contributed by atoms with E-state index >= 15 is 0 Å². The second-order valence-corrected chi connectivity index (χ2v) is 4.77. The van der Waals surface area contributed by atoms with Gasteiger partial charge in [0, 0.05) is 19.5 Å². The molecule has 2 amide bonds. The van der Waals surface area contributed by atoms with Gasteiger partial charge in [0.05, 0.1) is 5.41 Å². The molecule has 0 spiro atoms. The molecule has 1 saturated carbocycles. The Hall–Kier alpha value is -1.47. The van der Waals surface area contributed by atoms with Crippen molar-refractivity contribution in [2.24, 2.45) is 5.41 Å². The third kappa shape index (κ3) is 5.80. The lowest BCUT2D eigenvalue weighted by Crippen LogP contribution is -2.41. The van der Waals surface area contributed by atoms with Crippen molar-refractivity contribution in [3.8, 4) is 0 Å². The van der Waals surface area contributed by atoms with Crippen LogP contribution < -0.4 is 10.6 Å². The van der Waals surface area contributed by atoms with Gasteiger partial charge in [-0.05, 0) is 25.7 Å². The van der Waals surface area contributed by atoms with Crippen molar-refractivity contribution in [3.63, 3.8) is 0 Å². The highest BCUT2D eigenvalue weighted by molar-refractivity contribution is 5.80. The Labute approximate surface area is 108 Å². The number of carboxylic acids is 1. The highest BCUT2D eigenvalue weighted by Gasteiger charge is 2.50. The van der Waals surface area contributed by atoms with Gasteiger partial charge in [-0.25, -0.2) is 4.79 Å². The van der Waals surface area contributed by atoms with E-state index in [0.717, 1.165) is 0 Å². The van der Waals surface area contributed by atoms with Crippen molar-refractivity contribution < 1.29 is 27.9 Å². The molecular weight excluding hydrogens is 265 g/mol. The molecule has 0 unspecified atom stereocenters. The zero-order chi connectivity index (χ0) is 14.5. The summed E-state index contributed by atoms with van der Waals surface area (Å²) in [5.74, 6) is -0.932. The van der Waals surface area contributed by atoms with Crippen LogP contribution in [0.25, 0.3) is 0 Å². The van der Waals surface area contributed by atoms with E-state index in [2.05, 4.69) is 10.6 Å². The first-order valence-electron chi connectivity index (χ1n) is 6.07. The maximum atomic E-state index is 11.8. The lowest BCUT2D eigenvalue weighted by molar-refractivity contribution is -0.143. The zero-order valence-electron chi connectivity index (χ0n) is 10.3. The van der Waals surface area contributed by atoms with Gasteiger partial charge in [-0.15, -0.1) is 0 Å². The van der Waals surface area contributed by atoms with E-state index in [1.54, 1.807) is 0 Å². The number of carbonyl (C=O) groups excluding carboxylic acids is 1. The molecule has 1 fully saturated rings. The summed E-state index contributed by atoms with van der Waals surface area (Å²) in [6.07, 6.45) is -3.76. The number of nitrogens with one attached hydrogen (secondary N) is 2. The average Bonchev–Trinajstić information content (AvgIpc) is 3.05. The van der Waals surface area contributed by atoms with E-state index in [4.69, 9.17) is 5.11 Å². The van der Waals surface area contributed by atoms with Crippen molar-refractivity contribution in [2.75, 3.05) is 13.1 Å². The molecule has 1 rings (SSSR count). The Balaban J connectivity index is 2.04. The molecule has 0 radical (unpaired) electrons. The quantitative estimate of drug-likeness (QED) is 0.624. The minimum atomic E-state index is -4.16. The monoisotopic (exact) mass is 282 g/mol. The highest BCUT2D eigenvalue weighted by Crippen LogP contribution is 2.45. The molecule has 0 atom stereocenters. The van der Waals surface area contributed by atoms with Crippen LogP contribution in [0.3, 0.4) is 0 Å². The third-order valence-electron chi connectivity index (χ3n) is 3.07. The smallest absolute Gasteiger partial charge is 0.389 e. The Bertz CT molecular complexity index is 341. The van der Waals surface area contributed by atoms with Crippen LogP contribution in [0.5, 0.6) is 0 Å². The predicted molar refractivity (Wildman–Crippen MR) is 60.6 cm³/mol. The fourth-order valence-corrected chi connectivity index (χ4v) is 1.58. The molecule has 1 aliphatic carbocycles. The van der Waals surface area contributed by atoms with Gasteiger partial charge in [-0.2, -0.15) is 13.2 Å². The molecule has 110 valence electrons. The average molecular weight is 282 g/mol. The Morgan fingerprint density at radius 1 is 1.16 bits per heavy atom. The first-order chi connectivity index (χ1) is 8.75. The number of hydrogen-bond donors (Lipinski definition) is 3. The van der Waals surface area contributed by atoms with Gasteiger partial charge in [0.15, 0.2) is 0 Å². The fraction of sp³-hybridized carbons (Fsp3) is 0.818. The first kappa shape index (κ1) is 15.6. The third-order valence-corrected chi connectivity index (χ3v) is 3.07. The van der Waals surface area contributed by atoms with Crippen LogP contribution >= 0.6 is 0 Å². The Kier molecular flexibility index (Phi) is 5.02. The summed E-state index contributed by atoms with van der Waals surface area (Å²) >= 11 is 0. The molecule has 3 N–H and O–H groups in total. The van der Waals surface area contributed by atoms with E-state index in [-0.39, 0.29) is 25.9 Å². The van der Waals surface area contributed by atoms with Crippen molar-refractivity contribution >= 4 is 12.0 Å². The minimum Gasteiger partial charge on any atom is -0.481 e. The predicted octanol–water partition coefficient (Wildman–Crippen LogP) is 1.88. The van der Waals surface area contributed by atoms with Crippen molar-refractivity contribution in [2.45, 2.75) is 38.3 Å². The molecule has 0 aromatic carbocycles. The fourth-order valence-electron chi connectivity index (χ4n) is 1.58. The summed E-state index contributed by atoms with van der Waals surface area (Å²) < 4.78 is 35.5. The summed E-state index contributed by atoms with van der Waals surface area (Å²) in [6, 6.07) is -0.542. The van der Waals surface area contributed by atoms with Crippen LogP contribution in [0.2, 0.25) is 0 Å².